The van der Waals surface area contributed by atoms with Crippen LogP contribution in [0.25, 0.3) is 0 Å². The largest absolute Gasteiger partial charge is 0.497 e. The lowest BCUT2D eigenvalue weighted by molar-refractivity contribution is 0.415. The summed E-state index contributed by atoms with van der Waals surface area (Å²) in [4.78, 5) is 0. The molecule has 0 unspecified atom stereocenters. The lowest BCUT2D eigenvalue weighted by Gasteiger charge is -2.18. The second-order valence-electron chi connectivity index (χ2n) is 4.76. The molecule has 0 aliphatic heterocycles. The Morgan fingerprint density at radius 2 is 1.86 bits per heavy atom. The Kier molecular flexibility index (Phi) is 7.49. The number of benzene rings is 1. The Hall–Kier alpha value is -1.31. The van der Waals surface area contributed by atoms with Gasteiger partial charge in [0, 0.05) is 13.6 Å². The Bertz CT molecular complexity index is 503. The van der Waals surface area contributed by atoms with Gasteiger partial charge < -0.3 is 10.1 Å². The zero-order valence-electron chi connectivity index (χ0n) is 12.9. The van der Waals surface area contributed by atoms with Crippen LogP contribution in [0, 0.1) is 0 Å². The standard InChI is InChI=1S/C14H25N3O3S/c1-4-10-15-11-5-12-17(2)21(18,19)16-13-6-8-14(20-3)9-7-13/h6-9,15-16H,4-5,10-12H2,1-3H3. The topological polar surface area (TPSA) is 70.7 Å². The molecule has 2 N–H and O–H groups in total. The first-order chi connectivity index (χ1) is 9.99. The molecule has 0 aliphatic carbocycles. The van der Waals surface area contributed by atoms with Gasteiger partial charge in [-0.3, -0.25) is 4.72 Å². The number of rotatable bonds is 10. The molecule has 1 rings (SSSR count). The summed E-state index contributed by atoms with van der Waals surface area (Å²) < 4.78 is 33.2. The van der Waals surface area contributed by atoms with Crippen LogP contribution in [0.3, 0.4) is 0 Å². The molecule has 1 aromatic carbocycles. The molecule has 120 valence electrons. The molecule has 0 saturated heterocycles. The molecule has 0 aliphatic rings. The highest BCUT2D eigenvalue weighted by molar-refractivity contribution is 7.90. The van der Waals surface area contributed by atoms with E-state index in [9.17, 15) is 8.42 Å². The molecule has 0 spiro atoms. The molecule has 0 aromatic heterocycles. The van der Waals surface area contributed by atoms with E-state index in [2.05, 4.69) is 17.0 Å². The highest BCUT2D eigenvalue weighted by atomic mass is 32.2. The third kappa shape index (κ3) is 6.33. The summed E-state index contributed by atoms with van der Waals surface area (Å²) in [5.41, 5.74) is 0.520. The fourth-order valence-electron chi connectivity index (χ4n) is 1.73. The Morgan fingerprint density at radius 3 is 2.43 bits per heavy atom. The predicted molar refractivity (Wildman–Crippen MR) is 85.9 cm³/mol. The van der Waals surface area contributed by atoms with Crippen molar-refractivity contribution in [2.75, 3.05) is 38.5 Å². The van der Waals surface area contributed by atoms with E-state index in [1.54, 1.807) is 38.4 Å². The van der Waals surface area contributed by atoms with Crippen molar-refractivity contribution in [2.24, 2.45) is 0 Å². The number of nitrogens with zero attached hydrogens (tertiary/aromatic N) is 1. The van der Waals surface area contributed by atoms with E-state index in [4.69, 9.17) is 4.74 Å². The quantitative estimate of drug-likeness (QED) is 0.644. The highest BCUT2D eigenvalue weighted by Gasteiger charge is 2.16. The lowest BCUT2D eigenvalue weighted by Crippen LogP contribution is -2.34. The van der Waals surface area contributed by atoms with Crippen molar-refractivity contribution in [3.63, 3.8) is 0 Å². The van der Waals surface area contributed by atoms with E-state index < -0.39 is 10.2 Å². The molecular formula is C14H25N3O3S. The van der Waals surface area contributed by atoms with Gasteiger partial charge in [0.25, 0.3) is 0 Å². The third-order valence-electron chi connectivity index (χ3n) is 3.00. The van der Waals surface area contributed by atoms with Crippen LogP contribution in [0.5, 0.6) is 5.75 Å². The molecule has 0 amide bonds. The maximum Gasteiger partial charge on any atom is 0.301 e. The SMILES string of the molecule is CCCNCCCN(C)S(=O)(=O)Nc1ccc(OC)cc1. The van der Waals surface area contributed by atoms with Gasteiger partial charge in [-0.2, -0.15) is 12.7 Å². The maximum absolute atomic E-state index is 12.1. The van der Waals surface area contributed by atoms with E-state index in [1.807, 2.05) is 0 Å². The van der Waals surface area contributed by atoms with Gasteiger partial charge in [-0.25, -0.2) is 0 Å². The van der Waals surface area contributed by atoms with E-state index in [0.29, 0.717) is 18.0 Å². The number of anilines is 1. The molecule has 0 atom stereocenters. The average Bonchev–Trinajstić information content (AvgIpc) is 2.47. The zero-order valence-corrected chi connectivity index (χ0v) is 13.7. The summed E-state index contributed by atoms with van der Waals surface area (Å²) in [5.74, 6) is 0.688. The minimum Gasteiger partial charge on any atom is -0.497 e. The van der Waals surface area contributed by atoms with Gasteiger partial charge in [0.15, 0.2) is 0 Å². The first-order valence-electron chi connectivity index (χ1n) is 7.08. The summed E-state index contributed by atoms with van der Waals surface area (Å²) >= 11 is 0. The smallest absolute Gasteiger partial charge is 0.301 e. The first-order valence-corrected chi connectivity index (χ1v) is 8.52. The van der Waals surface area contributed by atoms with Gasteiger partial charge in [-0.1, -0.05) is 6.92 Å². The highest BCUT2D eigenvalue weighted by Crippen LogP contribution is 2.16. The second kappa shape index (κ2) is 8.86. The molecule has 0 radical (unpaired) electrons. The van der Waals surface area contributed by atoms with E-state index in [-0.39, 0.29) is 0 Å². The maximum atomic E-state index is 12.1. The molecule has 7 heteroatoms. The fraction of sp³-hybridized carbons (Fsp3) is 0.571. The molecule has 0 saturated carbocycles. The van der Waals surface area contributed by atoms with Crippen LogP contribution < -0.4 is 14.8 Å². The molecule has 1 aromatic rings. The third-order valence-corrected chi connectivity index (χ3v) is 4.50. The van der Waals surface area contributed by atoms with Gasteiger partial charge in [0.1, 0.15) is 5.75 Å². The van der Waals surface area contributed by atoms with Crippen molar-refractivity contribution >= 4 is 15.9 Å². The monoisotopic (exact) mass is 315 g/mol. The molecule has 0 fully saturated rings. The first kappa shape index (κ1) is 17.7. The number of nitrogens with one attached hydrogen (secondary N) is 2. The number of hydrogen-bond acceptors (Lipinski definition) is 4. The van der Waals surface area contributed by atoms with Crippen molar-refractivity contribution < 1.29 is 13.2 Å². The van der Waals surface area contributed by atoms with Crippen molar-refractivity contribution in [1.82, 2.24) is 9.62 Å². The van der Waals surface area contributed by atoms with Crippen LogP contribution in [-0.4, -0.2) is 46.5 Å². The van der Waals surface area contributed by atoms with Crippen LogP contribution in [-0.2, 0) is 10.2 Å². The average molecular weight is 315 g/mol. The van der Waals surface area contributed by atoms with Gasteiger partial charge in [0.2, 0.25) is 0 Å². The summed E-state index contributed by atoms with van der Waals surface area (Å²) in [7, 11) is -0.367. The Balaban J connectivity index is 2.47. The number of hydrogen-bond donors (Lipinski definition) is 2. The summed E-state index contributed by atoms with van der Waals surface area (Å²) in [6.45, 7) is 4.35. The number of ether oxygens (including phenoxy) is 1. The fourth-order valence-corrected chi connectivity index (χ4v) is 2.69. The van der Waals surface area contributed by atoms with Gasteiger partial charge in [-0.05, 0) is 50.2 Å². The van der Waals surface area contributed by atoms with Crippen molar-refractivity contribution in [1.29, 1.82) is 0 Å². The Labute approximate surface area is 127 Å². The predicted octanol–water partition coefficient (Wildman–Crippen LogP) is 1.67. The summed E-state index contributed by atoms with van der Waals surface area (Å²) in [5, 5.41) is 3.25. The van der Waals surface area contributed by atoms with Crippen LogP contribution in [0.1, 0.15) is 19.8 Å². The zero-order chi connectivity index (χ0) is 15.7. The second-order valence-corrected chi connectivity index (χ2v) is 6.54. The summed E-state index contributed by atoms with van der Waals surface area (Å²) in [6.07, 6.45) is 1.85. The minimum atomic E-state index is -3.51. The molecule has 6 nitrogen and oxygen atoms in total. The van der Waals surface area contributed by atoms with Crippen molar-refractivity contribution in [3.05, 3.63) is 24.3 Å². The normalized spacial score (nSPS) is 11.6. The minimum absolute atomic E-state index is 0.474. The molecule has 21 heavy (non-hydrogen) atoms. The Morgan fingerprint density at radius 1 is 1.19 bits per heavy atom. The van der Waals surface area contributed by atoms with Gasteiger partial charge in [0.05, 0.1) is 12.8 Å². The molecular weight excluding hydrogens is 290 g/mol. The van der Waals surface area contributed by atoms with E-state index in [1.165, 1.54) is 4.31 Å². The van der Waals surface area contributed by atoms with E-state index in [0.717, 1.165) is 25.9 Å². The van der Waals surface area contributed by atoms with Gasteiger partial charge in [-0.15, -0.1) is 0 Å². The van der Waals surface area contributed by atoms with Crippen molar-refractivity contribution in [2.45, 2.75) is 19.8 Å². The lowest BCUT2D eigenvalue weighted by atomic mass is 10.3. The molecule has 0 bridgehead atoms. The molecule has 0 heterocycles. The van der Waals surface area contributed by atoms with Crippen LogP contribution in [0.4, 0.5) is 5.69 Å². The summed E-state index contributed by atoms with van der Waals surface area (Å²) in [6, 6.07) is 6.78. The van der Waals surface area contributed by atoms with Crippen LogP contribution in [0.2, 0.25) is 0 Å². The van der Waals surface area contributed by atoms with Crippen LogP contribution in [0.15, 0.2) is 24.3 Å². The van der Waals surface area contributed by atoms with Gasteiger partial charge >= 0.3 is 10.2 Å². The van der Waals surface area contributed by atoms with Crippen molar-refractivity contribution in [3.8, 4) is 5.75 Å². The van der Waals surface area contributed by atoms with Crippen LogP contribution >= 0.6 is 0 Å². The number of methoxy groups -OCH3 is 1. The van der Waals surface area contributed by atoms with E-state index >= 15 is 0 Å².